The van der Waals surface area contributed by atoms with Crippen LogP contribution in [0, 0.1) is 0 Å². The van der Waals surface area contributed by atoms with Crippen LogP contribution in [0.15, 0.2) is 35.3 Å². The Kier molecular flexibility index (Phi) is 3.05. The highest BCUT2D eigenvalue weighted by molar-refractivity contribution is 5.83. The Hall–Kier alpha value is -1.31. The Morgan fingerprint density at radius 1 is 1.33 bits per heavy atom. The van der Waals surface area contributed by atoms with E-state index in [4.69, 9.17) is 0 Å². The molecule has 1 atom stereocenters. The van der Waals surface area contributed by atoms with E-state index in [1.165, 1.54) is 11.4 Å². The number of hydrogen-bond acceptors (Lipinski definition) is 2. The van der Waals surface area contributed by atoms with Gasteiger partial charge in [0.1, 0.15) is 0 Å². The van der Waals surface area contributed by atoms with Crippen molar-refractivity contribution in [3.05, 3.63) is 35.9 Å². The fraction of sp³-hybridized carbons (Fsp3) is 0.462. The lowest BCUT2D eigenvalue weighted by molar-refractivity contribution is 0.361. The molecule has 0 fully saturated rings. The summed E-state index contributed by atoms with van der Waals surface area (Å²) >= 11 is 0. The third-order valence-corrected chi connectivity index (χ3v) is 3.03. The molecule has 2 rings (SSSR count). The maximum atomic E-state index is 4.52. The summed E-state index contributed by atoms with van der Waals surface area (Å²) in [5.74, 6) is 1.26. The van der Waals surface area contributed by atoms with Crippen LogP contribution in [-0.2, 0) is 0 Å². The van der Waals surface area contributed by atoms with Crippen molar-refractivity contribution in [1.29, 1.82) is 0 Å². The number of amidine groups is 1. The van der Waals surface area contributed by atoms with Gasteiger partial charge in [-0.15, -0.1) is 0 Å². The minimum atomic E-state index is 0.451. The van der Waals surface area contributed by atoms with Crippen LogP contribution in [0.1, 0.15) is 31.9 Å². The number of aliphatic imine (C=N–C) groups is 1. The molecule has 1 heterocycles. The molecule has 0 amide bonds. The maximum Gasteiger partial charge on any atom is 0.0992 e. The van der Waals surface area contributed by atoms with Crippen molar-refractivity contribution in [3.63, 3.8) is 0 Å². The van der Waals surface area contributed by atoms with E-state index in [1.54, 1.807) is 0 Å². The van der Waals surface area contributed by atoms with E-state index in [2.05, 4.69) is 54.1 Å². The molecule has 0 saturated heterocycles. The maximum absolute atomic E-state index is 4.52. The van der Waals surface area contributed by atoms with Crippen LogP contribution < -0.4 is 0 Å². The van der Waals surface area contributed by atoms with Gasteiger partial charge in [0.05, 0.1) is 18.4 Å². The third kappa shape index (κ3) is 2.04. The molecule has 0 spiro atoms. The van der Waals surface area contributed by atoms with Crippen LogP contribution in [0.5, 0.6) is 0 Å². The number of rotatable bonds is 3. The lowest BCUT2D eigenvalue weighted by Crippen LogP contribution is -2.30. The van der Waals surface area contributed by atoms with Gasteiger partial charge >= 0.3 is 0 Å². The zero-order chi connectivity index (χ0) is 10.7. The molecule has 80 valence electrons. The van der Waals surface area contributed by atoms with Gasteiger partial charge < -0.3 is 4.90 Å². The summed E-state index contributed by atoms with van der Waals surface area (Å²) in [6.07, 6.45) is 1.04. The zero-order valence-electron chi connectivity index (χ0n) is 9.48. The first kappa shape index (κ1) is 10.2. The zero-order valence-corrected chi connectivity index (χ0v) is 9.48. The molecule has 0 radical (unpaired) electrons. The molecule has 0 aromatic heterocycles. The molecule has 1 aromatic carbocycles. The largest absolute Gasteiger partial charge is 0.352 e. The van der Waals surface area contributed by atoms with Crippen LogP contribution in [0.2, 0.25) is 0 Å². The van der Waals surface area contributed by atoms with Gasteiger partial charge in [0.2, 0.25) is 0 Å². The standard InChI is InChI=1S/C13H18N2/c1-3-13-14-9-10-15(13)11(2)12-7-5-4-6-8-12/h4-8,11H,3,9-10H2,1-2H3/t11-/m1/s1. The van der Waals surface area contributed by atoms with Gasteiger partial charge in [-0.05, 0) is 12.5 Å². The number of nitrogens with zero attached hydrogens (tertiary/aromatic N) is 2. The van der Waals surface area contributed by atoms with Crippen molar-refractivity contribution in [2.45, 2.75) is 26.3 Å². The predicted octanol–water partition coefficient (Wildman–Crippen LogP) is 2.87. The highest BCUT2D eigenvalue weighted by Gasteiger charge is 2.21. The van der Waals surface area contributed by atoms with Gasteiger partial charge in [-0.1, -0.05) is 37.3 Å². The number of hydrogen-bond donors (Lipinski definition) is 0. The first-order valence-corrected chi connectivity index (χ1v) is 5.68. The third-order valence-electron chi connectivity index (χ3n) is 3.03. The van der Waals surface area contributed by atoms with Gasteiger partial charge in [-0.3, -0.25) is 4.99 Å². The van der Waals surface area contributed by atoms with Crippen LogP contribution in [0.3, 0.4) is 0 Å². The predicted molar refractivity (Wildman–Crippen MR) is 64.2 cm³/mol. The van der Waals surface area contributed by atoms with E-state index in [0.29, 0.717) is 6.04 Å². The summed E-state index contributed by atoms with van der Waals surface area (Å²) < 4.78 is 0. The minimum absolute atomic E-state index is 0.451. The summed E-state index contributed by atoms with van der Waals surface area (Å²) in [7, 11) is 0. The smallest absolute Gasteiger partial charge is 0.0992 e. The van der Waals surface area contributed by atoms with Crippen molar-refractivity contribution in [2.24, 2.45) is 4.99 Å². The van der Waals surface area contributed by atoms with Gasteiger partial charge in [-0.2, -0.15) is 0 Å². The van der Waals surface area contributed by atoms with Crippen LogP contribution >= 0.6 is 0 Å². The van der Waals surface area contributed by atoms with Gasteiger partial charge in [-0.25, -0.2) is 0 Å². The van der Waals surface area contributed by atoms with E-state index < -0.39 is 0 Å². The van der Waals surface area contributed by atoms with Crippen molar-refractivity contribution in [1.82, 2.24) is 4.90 Å². The lowest BCUT2D eigenvalue weighted by Gasteiger charge is -2.27. The van der Waals surface area contributed by atoms with E-state index in [-0.39, 0.29) is 0 Å². The molecule has 1 aliphatic heterocycles. The summed E-state index contributed by atoms with van der Waals surface area (Å²) in [5.41, 5.74) is 1.38. The second-order valence-electron chi connectivity index (χ2n) is 3.93. The van der Waals surface area contributed by atoms with Crippen LogP contribution in [0.4, 0.5) is 0 Å². The van der Waals surface area contributed by atoms with Crippen molar-refractivity contribution in [2.75, 3.05) is 13.1 Å². The monoisotopic (exact) mass is 202 g/mol. The van der Waals surface area contributed by atoms with Gasteiger partial charge in [0.15, 0.2) is 0 Å². The topological polar surface area (TPSA) is 15.6 Å². The van der Waals surface area contributed by atoms with Crippen molar-refractivity contribution in [3.8, 4) is 0 Å². The molecular weight excluding hydrogens is 184 g/mol. The molecule has 15 heavy (non-hydrogen) atoms. The minimum Gasteiger partial charge on any atom is -0.352 e. The fourth-order valence-corrected chi connectivity index (χ4v) is 2.15. The highest BCUT2D eigenvalue weighted by Crippen LogP contribution is 2.23. The Labute approximate surface area is 91.6 Å². The fourth-order valence-electron chi connectivity index (χ4n) is 2.15. The molecular formula is C13H18N2. The molecule has 0 saturated carbocycles. The molecule has 0 N–H and O–H groups in total. The van der Waals surface area contributed by atoms with Crippen LogP contribution in [-0.4, -0.2) is 23.8 Å². The first-order chi connectivity index (χ1) is 7.33. The van der Waals surface area contributed by atoms with E-state index in [9.17, 15) is 0 Å². The Morgan fingerprint density at radius 3 is 2.73 bits per heavy atom. The van der Waals surface area contributed by atoms with E-state index >= 15 is 0 Å². The Morgan fingerprint density at radius 2 is 2.07 bits per heavy atom. The number of benzene rings is 1. The van der Waals surface area contributed by atoms with E-state index in [0.717, 1.165) is 19.5 Å². The molecule has 1 aliphatic rings. The highest BCUT2D eigenvalue weighted by atomic mass is 15.3. The van der Waals surface area contributed by atoms with Gasteiger partial charge in [0.25, 0.3) is 0 Å². The molecule has 1 aromatic rings. The molecule has 2 nitrogen and oxygen atoms in total. The van der Waals surface area contributed by atoms with Crippen molar-refractivity contribution >= 4 is 5.84 Å². The summed E-state index contributed by atoms with van der Waals surface area (Å²) in [4.78, 5) is 6.94. The second-order valence-corrected chi connectivity index (χ2v) is 3.93. The average Bonchev–Trinajstić information content (AvgIpc) is 2.77. The first-order valence-electron chi connectivity index (χ1n) is 5.68. The molecule has 0 bridgehead atoms. The molecule has 2 heteroatoms. The Bertz CT molecular complexity index is 343. The van der Waals surface area contributed by atoms with E-state index in [1.807, 2.05) is 0 Å². The quantitative estimate of drug-likeness (QED) is 0.736. The average molecular weight is 202 g/mol. The summed E-state index contributed by atoms with van der Waals surface area (Å²) in [6, 6.07) is 11.1. The van der Waals surface area contributed by atoms with Gasteiger partial charge in [0, 0.05) is 13.0 Å². The summed E-state index contributed by atoms with van der Waals surface area (Å²) in [5, 5.41) is 0. The molecule has 0 unspecified atom stereocenters. The second kappa shape index (κ2) is 4.47. The summed E-state index contributed by atoms with van der Waals surface area (Å²) in [6.45, 7) is 6.46. The SMILES string of the molecule is CCC1=NCCN1[C@H](C)c1ccccc1. The van der Waals surface area contributed by atoms with Crippen LogP contribution in [0.25, 0.3) is 0 Å². The van der Waals surface area contributed by atoms with Crippen molar-refractivity contribution < 1.29 is 0 Å². The lowest BCUT2D eigenvalue weighted by atomic mass is 10.1. The normalized spacial score (nSPS) is 17.7. The molecule has 0 aliphatic carbocycles. The Balaban J connectivity index is 2.15.